The number of hydrogen-bond donors (Lipinski definition) is 1. The number of halogens is 1. The normalized spacial score (nSPS) is 13.5. The molecule has 1 rings (SSSR count). The molecule has 0 aliphatic rings. The number of sulfone groups is 1. The molecule has 26 heavy (non-hydrogen) atoms. The zero-order valence-electron chi connectivity index (χ0n) is 14.8. The summed E-state index contributed by atoms with van der Waals surface area (Å²) in [6, 6.07) is 7.59. The van der Waals surface area contributed by atoms with Gasteiger partial charge in [-0.15, -0.1) is 0 Å². The fourth-order valence-electron chi connectivity index (χ4n) is 1.82. The molecule has 0 fully saturated rings. The summed E-state index contributed by atoms with van der Waals surface area (Å²) in [7, 11) is -3.66. The molecule has 0 saturated heterocycles. The molecule has 1 aromatic rings. The van der Waals surface area contributed by atoms with Crippen LogP contribution in [-0.4, -0.2) is 38.2 Å². The summed E-state index contributed by atoms with van der Waals surface area (Å²) in [5.74, 6) is -2.04. The van der Waals surface area contributed by atoms with Gasteiger partial charge in [0.25, 0.3) is 5.91 Å². The van der Waals surface area contributed by atoms with Crippen molar-refractivity contribution in [3.63, 3.8) is 0 Å². The lowest BCUT2D eigenvalue weighted by molar-refractivity contribution is -0.148. The van der Waals surface area contributed by atoms with Gasteiger partial charge in [0, 0.05) is 5.02 Å². The topological polar surface area (TPSA) is 113 Å². The zero-order valence-corrected chi connectivity index (χ0v) is 16.4. The first-order valence-electron chi connectivity index (χ1n) is 7.86. The molecule has 0 aliphatic heterocycles. The Hall–Kier alpha value is -2.11. The van der Waals surface area contributed by atoms with Crippen LogP contribution < -0.4 is 5.32 Å². The summed E-state index contributed by atoms with van der Waals surface area (Å²) in [6.45, 7) is 4.54. The summed E-state index contributed by atoms with van der Waals surface area (Å²) in [5.41, 5.74) is -1.08. The molecular formula is C17H21ClN2O5S. The number of esters is 1. The van der Waals surface area contributed by atoms with Gasteiger partial charge in [0.1, 0.15) is 5.54 Å². The monoisotopic (exact) mass is 400 g/mol. The number of carbonyl (C=O) groups is 2. The van der Waals surface area contributed by atoms with Gasteiger partial charge >= 0.3 is 5.97 Å². The van der Waals surface area contributed by atoms with Crippen molar-refractivity contribution in [1.82, 2.24) is 5.32 Å². The first kappa shape index (κ1) is 21.9. The lowest BCUT2D eigenvalue weighted by Crippen LogP contribution is -2.50. The Labute approximate surface area is 158 Å². The van der Waals surface area contributed by atoms with Crippen LogP contribution in [0.15, 0.2) is 29.2 Å². The third-order valence-corrected chi connectivity index (χ3v) is 5.88. The first-order chi connectivity index (χ1) is 12.0. The molecule has 0 heterocycles. The van der Waals surface area contributed by atoms with Crippen molar-refractivity contribution in [2.45, 2.75) is 37.6 Å². The quantitative estimate of drug-likeness (QED) is 0.668. The fourth-order valence-corrected chi connectivity index (χ4v) is 3.17. The molecule has 1 N–H and O–H groups in total. The zero-order chi connectivity index (χ0) is 20.0. The highest BCUT2D eigenvalue weighted by Crippen LogP contribution is 2.16. The second-order valence-corrected chi connectivity index (χ2v) is 8.75. The van der Waals surface area contributed by atoms with E-state index in [4.69, 9.17) is 21.6 Å². The van der Waals surface area contributed by atoms with Gasteiger partial charge in [0.15, 0.2) is 16.4 Å². The number of nitrogens with zero attached hydrogens (tertiary/aromatic N) is 1. The molecule has 0 bridgehead atoms. The molecule has 0 unspecified atom stereocenters. The van der Waals surface area contributed by atoms with Crippen molar-refractivity contribution in [3.8, 4) is 6.07 Å². The summed E-state index contributed by atoms with van der Waals surface area (Å²) < 4.78 is 29.0. The lowest BCUT2D eigenvalue weighted by Gasteiger charge is -2.27. The smallest absolute Gasteiger partial charge is 0.307 e. The van der Waals surface area contributed by atoms with E-state index in [9.17, 15) is 18.0 Å². The third kappa shape index (κ3) is 6.32. The largest absolute Gasteiger partial charge is 0.456 e. The molecule has 1 amide bonds. The average Bonchev–Trinajstić information content (AvgIpc) is 2.58. The van der Waals surface area contributed by atoms with Crippen molar-refractivity contribution in [1.29, 1.82) is 5.26 Å². The lowest BCUT2D eigenvalue weighted by atomic mass is 9.90. The minimum atomic E-state index is -3.66. The molecule has 0 aromatic heterocycles. The van der Waals surface area contributed by atoms with Gasteiger partial charge in [-0.2, -0.15) is 5.26 Å². The summed E-state index contributed by atoms with van der Waals surface area (Å²) in [4.78, 5) is 23.6. The van der Waals surface area contributed by atoms with E-state index in [0.717, 1.165) is 0 Å². The van der Waals surface area contributed by atoms with Crippen molar-refractivity contribution in [2.75, 3.05) is 12.4 Å². The van der Waals surface area contributed by atoms with E-state index in [2.05, 4.69) is 5.32 Å². The number of benzene rings is 1. The number of ether oxygens (including phenoxy) is 1. The molecule has 0 saturated carbocycles. The predicted molar refractivity (Wildman–Crippen MR) is 96.1 cm³/mol. The molecule has 142 valence electrons. The Morgan fingerprint density at radius 3 is 2.38 bits per heavy atom. The van der Waals surface area contributed by atoms with Gasteiger partial charge in [-0.05, 0) is 37.1 Å². The van der Waals surface area contributed by atoms with Crippen molar-refractivity contribution in [3.05, 3.63) is 29.3 Å². The molecule has 0 radical (unpaired) electrons. The van der Waals surface area contributed by atoms with Crippen molar-refractivity contribution in [2.24, 2.45) is 5.92 Å². The Kier molecular flexibility index (Phi) is 7.60. The molecule has 0 aliphatic carbocycles. The first-order valence-corrected chi connectivity index (χ1v) is 9.89. The number of nitrogens with one attached hydrogen (secondary N) is 1. The van der Waals surface area contributed by atoms with E-state index in [1.54, 1.807) is 20.8 Å². The van der Waals surface area contributed by atoms with Crippen molar-refractivity contribution >= 4 is 33.3 Å². The van der Waals surface area contributed by atoms with Crippen LogP contribution in [0, 0.1) is 17.2 Å². The minimum absolute atomic E-state index is 0.0502. The second-order valence-electron chi connectivity index (χ2n) is 6.20. The Morgan fingerprint density at radius 1 is 1.31 bits per heavy atom. The van der Waals surface area contributed by atoms with Crippen LogP contribution >= 0.6 is 11.6 Å². The van der Waals surface area contributed by atoms with Crippen LogP contribution in [0.4, 0.5) is 0 Å². The van der Waals surface area contributed by atoms with Crippen molar-refractivity contribution < 1.29 is 22.7 Å². The highest BCUT2D eigenvalue weighted by molar-refractivity contribution is 7.91. The number of hydrogen-bond acceptors (Lipinski definition) is 6. The minimum Gasteiger partial charge on any atom is -0.456 e. The van der Waals surface area contributed by atoms with E-state index in [0.29, 0.717) is 5.02 Å². The predicted octanol–water partition coefficient (Wildman–Crippen LogP) is 2.10. The van der Waals surface area contributed by atoms with E-state index >= 15 is 0 Å². The fraction of sp³-hybridized carbons (Fsp3) is 0.471. The van der Waals surface area contributed by atoms with Gasteiger partial charge in [0.05, 0.1) is 23.1 Å². The van der Waals surface area contributed by atoms with Gasteiger partial charge in [-0.1, -0.05) is 25.4 Å². The summed E-state index contributed by atoms with van der Waals surface area (Å²) in [5, 5.41) is 12.0. The van der Waals surface area contributed by atoms with Gasteiger partial charge in [-0.3, -0.25) is 9.59 Å². The van der Waals surface area contributed by atoms with Crippen LogP contribution in [0.5, 0.6) is 0 Å². The van der Waals surface area contributed by atoms with E-state index in [-0.39, 0.29) is 10.8 Å². The number of amides is 1. The molecule has 1 atom stereocenters. The van der Waals surface area contributed by atoms with Crippen LogP contribution in [0.2, 0.25) is 5.02 Å². The molecular weight excluding hydrogens is 380 g/mol. The highest BCUT2D eigenvalue weighted by atomic mass is 35.5. The molecule has 0 spiro atoms. The van der Waals surface area contributed by atoms with Gasteiger partial charge in [-0.25, -0.2) is 8.42 Å². The van der Waals surface area contributed by atoms with Gasteiger partial charge in [0.2, 0.25) is 0 Å². The molecule has 7 nitrogen and oxygen atoms in total. The van der Waals surface area contributed by atoms with E-state index < -0.39 is 46.0 Å². The summed E-state index contributed by atoms with van der Waals surface area (Å²) >= 11 is 5.71. The highest BCUT2D eigenvalue weighted by Gasteiger charge is 2.30. The molecule has 9 heteroatoms. The maximum absolute atomic E-state index is 12.1. The standard InChI is InChI=1S/C17H21ClN2O5S/c1-12(2)17(3,11-19)20-15(21)10-25-16(22)8-9-26(23,24)14-6-4-13(18)5-7-14/h4-7,12H,8-10H2,1-3H3,(H,20,21)/t17-/m1/s1. The number of rotatable bonds is 8. The molecule has 1 aromatic carbocycles. The average molecular weight is 401 g/mol. The third-order valence-electron chi connectivity index (χ3n) is 3.90. The Morgan fingerprint density at radius 2 is 1.88 bits per heavy atom. The van der Waals surface area contributed by atoms with Crippen LogP contribution in [-0.2, 0) is 24.2 Å². The maximum atomic E-state index is 12.1. The van der Waals surface area contributed by atoms with Crippen LogP contribution in [0.25, 0.3) is 0 Å². The van der Waals surface area contributed by atoms with Crippen LogP contribution in [0.3, 0.4) is 0 Å². The SMILES string of the molecule is CC(C)[C@@](C)(C#N)NC(=O)COC(=O)CCS(=O)(=O)c1ccc(Cl)cc1. The summed E-state index contributed by atoms with van der Waals surface area (Å²) in [6.07, 6.45) is -0.391. The van der Waals surface area contributed by atoms with E-state index in [1.807, 2.05) is 6.07 Å². The van der Waals surface area contributed by atoms with Crippen LogP contribution in [0.1, 0.15) is 27.2 Å². The second kappa shape index (κ2) is 9.01. The number of carbonyl (C=O) groups excluding carboxylic acids is 2. The van der Waals surface area contributed by atoms with Gasteiger partial charge < -0.3 is 10.1 Å². The Balaban J connectivity index is 2.51. The Bertz CT molecular complexity index is 799. The maximum Gasteiger partial charge on any atom is 0.307 e. The van der Waals surface area contributed by atoms with E-state index in [1.165, 1.54) is 24.3 Å². The number of nitriles is 1.